The molecule has 6 aromatic carbocycles. The molecule has 0 bridgehead atoms. The van der Waals surface area contributed by atoms with Crippen LogP contribution in [-0.4, -0.2) is 22.6 Å². The molecule has 10 rings (SSSR count). The summed E-state index contributed by atoms with van der Waals surface area (Å²) in [6.07, 6.45) is 2.07. The fourth-order valence-electron chi connectivity index (χ4n) is 8.35. The molecule has 53 heavy (non-hydrogen) atoms. The molecule has 0 aliphatic carbocycles. The van der Waals surface area contributed by atoms with Gasteiger partial charge in [0.25, 0.3) is 0 Å². The maximum absolute atomic E-state index is 18.3. The lowest BCUT2D eigenvalue weighted by atomic mass is 9.97. The first kappa shape index (κ1) is 31.1. The highest BCUT2D eigenvalue weighted by molar-refractivity contribution is 7.21. The summed E-state index contributed by atoms with van der Waals surface area (Å²) in [6, 6.07) is 59.5. The van der Waals surface area contributed by atoms with E-state index >= 15 is 4.39 Å². The van der Waals surface area contributed by atoms with E-state index in [-0.39, 0.29) is 0 Å². The third kappa shape index (κ3) is 4.80. The van der Waals surface area contributed by atoms with Crippen LogP contribution >= 0.6 is 0 Å². The number of rotatable bonds is 6. The Bertz CT molecular complexity index is 2730. The van der Waals surface area contributed by atoms with E-state index in [0.717, 1.165) is 65.4 Å². The molecule has 1 atom stereocenters. The molecule has 1 aliphatic rings. The van der Waals surface area contributed by atoms with Crippen molar-refractivity contribution < 1.29 is 9.13 Å². The van der Waals surface area contributed by atoms with Crippen molar-refractivity contribution in [3.63, 3.8) is 0 Å². The second-order valence-corrected chi connectivity index (χ2v) is 17.1. The molecule has 4 heterocycles. The van der Waals surface area contributed by atoms with E-state index in [1.54, 1.807) is 12.4 Å². The quantitative estimate of drug-likeness (QED) is 0.163. The van der Waals surface area contributed by atoms with Crippen molar-refractivity contribution in [3.8, 4) is 28.6 Å². The number of fused-ring (bicyclic) bond motifs is 6. The van der Waals surface area contributed by atoms with Gasteiger partial charge in [0, 0.05) is 28.5 Å². The van der Waals surface area contributed by atoms with Crippen LogP contribution in [0.25, 0.3) is 38.9 Å². The SMILES string of the molecule is FC(c1cccc(-c2ccccn2)c1)c1cc2c(c3c1[Si](c1ccccc1)(c1ccccc1)c1ccccc1O3)c1ccccc1n2-c1ccccn1. The van der Waals surface area contributed by atoms with Crippen molar-refractivity contribution in [1.29, 1.82) is 0 Å². The highest BCUT2D eigenvalue weighted by atomic mass is 28.3. The summed E-state index contributed by atoms with van der Waals surface area (Å²) in [5, 5.41) is 6.29. The molecule has 0 fully saturated rings. The zero-order chi connectivity index (χ0) is 35.4. The molecule has 252 valence electrons. The first-order chi connectivity index (χ1) is 26.2. The summed E-state index contributed by atoms with van der Waals surface area (Å²) >= 11 is 0. The van der Waals surface area contributed by atoms with Gasteiger partial charge in [-0.05, 0) is 75.2 Å². The molecular weight excluding hydrogens is 670 g/mol. The van der Waals surface area contributed by atoms with Crippen LogP contribution in [0.3, 0.4) is 0 Å². The summed E-state index contributed by atoms with van der Waals surface area (Å²) < 4.78 is 27.7. The third-order valence-corrected chi connectivity index (χ3v) is 15.4. The van der Waals surface area contributed by atoms with E-state index in [4.69, 9.17) is 9.72 Å². The Labute approximate surface area is 307 Å². The number of hydrogen-bond acceptors (Lipinski definition) is 3. The smallest absolute Gasteiger partial charge is 0.188 e. The Hall–Kier alpha value is -6.63. The Balaban J connectivity index is 1.39. The lowest BCUT2D eigenvalue weighted by molar-refractivity contribution is 0.402. The van der Waals surface area contributed by atoms with Gasteiger partial charge in [0.15, 0.2) is 14.2 Å². The van der Waals surface area contributed by atoms with Crippen LogP contribution in [0.4, 0.5) is 4.39 Å². The fourth-order valence-corrected chi connectivity index (χ4v) is 13.5. The molecule has 9 aromatic rings. The first-order valence-corrected chi connectivity index (χ1v) is 19.8. The molecule has 0 saturated heterocycles. The van der Waals surface area contributed by atoms with Gasteiger partial charge in [-0.1, -0.05) is 127 Å². The number of nitrogens with zero attached hydrogens (tertiary/aromatic N) is 3. The summed E-state index contributed by atoms with van der Waals surface area (Å²) in [6.45, 7) is 0. The standard InChI is InChI=1S/C47H32FN3OSi/c48-45(33-17-15-16-32(30-33)38-23-11-13-28-49-38)37-31-40-44(36-22-7-8-24-39(36)51(40)43-27-12-14-29-50-43)46-47(37)53(34-18-3-1-4-19-34,35-20-5-2-6-21-35)42-26-10-9-25-41(42)52-46/h1-31,45H. The van der Waals surface area contributed by atoms with Gasteiger partial charge in [-0.2, -0.15) is 0 Å². The van der Waals surface area contributed by atoms with E-state index in [9.17, 15) is 0 Å². The summed E-state index contributed by atoms with van der Waals surface area (Å²) in [5.41, 5.74) is 4.61. The van der Waals surface area contributed by atoms with E-state index in [0.29, 0.717) is 16.9 Å². The van der Waals surface area contributed by atoms with Crippen molar-refractivity contribution in [1.82, 2.24) is 14.5 Å². The number of aromatic nitrogens is 3. The molecule has 6 heteroatoms. The van der Waals surface area contributed by atoms with Crippen LogP contribution < -0.4 is 25.5 Å². The molecule has 0 spiro atoms. The van der Waals surface area contributed by atoms with Crippen LogP contribution in [-0.2, 0) is 0 Å². The minimum atomic E-state index is -3.27. The minimum absolute atomic E-state index is 0.554. The number of hydrogen-bond donors (Lipinski definition) is 0. The average molecular weight is 702 g/mol. The lowest BCUT2D eigenvalue weighted by Gasteiger charge is -2.41. The van der Waals surface area contributed by atoms with E-state index in [1.165, 1.54) is 0 Å². The zero-order valence-electron chi connectivity index (χ0n) is 28.6. The van der Waals surface area contributed by atoms with Gasteiger partial charge in [-0.25, -0.2) is 9.37 Å². The van der Waals surface area contributed by atoms with E-state index < -0.39 is 14.2 Å². The van der Waals surface area contributed by atoms with Crippen molar-refractivity contribution in [2.45, 2.75) is 6.17 Å². The molecule has 1 unspecified atom stereocenters. The molecule has 0 N–H and O–H groups in total. The minimum Gasteiger partial charge on any atom is -0.457 e. The van der Waals surface area contributed by atoms with Gasteiger partial charge in [0.1, 0.15) is 17.3 Å². The van der Waals surface area contributed by atoms with Crippen LogP contribution in [0.15, 0.2) is 188 Å². The van der Waals surface area contributed by atoms with Gasteiger partial charge in [0.05, 0.1) is 22.1 Å². The predicted molar refractivity (Wildman–Crippen MR) is 215 cm³/mol. The predicted octanol–water partition coefficient (Wildman–Crippen LogP) is 8.78. The Kier molecular flexibility index (Phi) is 7.37. The molecule has 4 nitrogen and oxygen atoms in total. The fraction of sp³-hybridized carbons (Fsp3) is 0.0213. The molecule has 1 aliphatic heterocycles. The number of ether oxygens (including phenoxy) is 1. The normalized spacial score (nSPS) is 13.6. The number of halogens is 1. The van der Waals surface area contributed by atoms with Crippen LogP contribution in [0.2, 0.25) is 0 Å². The zero-order valence-corrected chi connectivity index (χ0v) is 29.6. The van der Waals surface area contributed by atoms with Gasteiger partial charge < -0.3 is 4.74 Å². The molecule has 0 saturated carbocycles. The lowest BCUT2D eigenvalue weighted by Crippen LogP contribution is -2.76. The first-order valence-electron chi connectivity index (χ1n) is 17.8. The summed E-state index contributed by atoms with van der Waals surface area (Å²) in [4.78, 5) is 9.39. The van der Waals surface area contributed by atoms with Crippen LogP contribution in [0.1, 0.15) is 17.3 Å². The van der Waals surface area contributed by atoms with Gasteiger partial charge in [-0.15, -0.1) is 0 Å². The number of para-hydroxylation sites is 2. The van der Waals surface area contributed by atoms with Gasteiger partial charge in [0.2, 0.25) is 0 Å². The van der Waals surface area contributed by atoms with Crippen molar-refractivity contribution in [2.75, 3.05) is 0 Å². The Morgan fingerprint density at radius 2 is 1.26 bits per heavy atom. The Morgan fingerprint density at radius 1 is 0.585 bits per heavy atom. The Morgan fingerprint density at radius 3 is 2.00 bits per heavy atom. The maximum atomic E-state index is 18.3. The van der Waals surface area contributed by atoms with Gasteiger partial charge in [-0.3, -0.25) is 9.55 Å². The molecule has 0 amide bonds. The van der Waals surface area contributed by atoms with Gasteiger partial charge >= 0.3 is 0 Å². The average Bonchev–Trinajstić information content (AvgIpc) is 3.58. The highest BCUT2D eigenvalue weighted by Crippen LogP contribution is 2.44. The topological polar surface area (TPSA) is 39.9 Å². The molecule has 0 radical (unpaired) electrons. The van der Waals surface area contributed by atoms with E-state index in [2.05, 4.69) is 101 Å². The number of alkyl halides is 1. The second kappa shape index (κ2) is 12.5. The van der Waals surface area contributed by atoms with E-state index in [1.807, 2.05) is 84.9 Å². The van der Waals surface area contributed by atoms with Crippen molar-refractivity contribution >= 4 is 50.6 Å². The highest BCUT2D eigenvalue weighted by Gasteiger charge is 2.51. The van der Waals surface area contributed by atoms with Crippen LogP contribution in [0, 0.1) is 0 Å². The summed E-state index contributed by atoms with van der Waals surface area (Å²) in [5.74, 6) is 2.24. The molecular formula is C47H32FN3OSi. The van der Waals surface area contributed by atoms with Crippen molar-refractivity contribution in [3.05, 3.63) is 199 Å². The second-order valence-electron chi connectivity index (χ2n) is 13.4. The van der Waals surface area contributed by atoms with Crippen LogP contribution in [0.5, 0.6) is 11.5 Å². The summed E-state index contributed by atoms with van der Waals surface area (Å²) in [7, 11) is -3.27. The number of benzene rings is 6. The third-order valence-electron chi connectivity index (χ3n) is 10.5. The number of pyridine rings is 2. The monoisotopic (exact) mass is 701 g/mol. The largest absolute Gasteiger partial charge is 0.457 e. The molecule has 3 aromatic heterocycles. The maximum Gasteiger partial charge on any atom is 0.188 e. The van der Waals surface area contributed by atoms with Crippen molar-refractivity contribution in [2.24, 2.45) is 0 Å².